The predicted octanol–water partition coefficient (Wildman–Crippen LogP) is 5.13. The van der Waals surface area contributed by atoms with Crippen LogP contribution in [0.5, 0.6) is 5.75 Å². The standard InChI is InChI=1S/C28H38N6O3S/c1-20-8-9-23(18-25(20)38(35,36)33-28(3,4)5)30-26-21(2)19-29-27(32-26)31-22-10-12-24(13-11-22)37-17-16-34-14-6-7-15-34/h8-13,18-19,33H,6-7,14-17H2,1-5H3,(H2,29,30,31,32). The molecule has 0 atom stereocenters. The molecule has 38 heavy (non-hydrogen) atoms. The van der Waals surface area contributed by atoms with Gasteiger partial charge in [-0.25, -0.2) is 18.1 Å². The van der Waals surface area contributed by atoms with Crippen LogP contribution in [0.4, 0.5) is 23.1 Å². The van der Waals surface area contributed by atoms with Crippen LogP contribution < -0.4 is 20.1 Å². The Morgan fingerprint density at radius 1 is 0.947 bits per heavy atom. The summed E-state index contributed by atoms with van der Waals surface area (Å²) in [6.07, 6.45) is 4.28. The van der Waals surface area contributed by atoms with Crippen molar-refractivity contribution in [2.75, 3.05) is 36.9 Å². The van der Waals surface area contributed by atoms with Crippen LogP contribution in [0.3, 0.4) is 0 Å². The molecule has 9 nitrogen and oxygen atoms in total. The monoisotopic (exact) mass is 538 g/mol. The molecule has 0 radical (unpaired) electrons. The molecule has 0 amide bonds. The normalized spacial score (nSPS) is 14.4. The summed E-state index contributed by atoms with van der Waals surface area (Å²) in [5.74, 6) is 1.84. The van der Waals surface area contributed by atoms with Crippen LogP contribution in [0.15, 0.2) is 53.6 Å². The lowest BCUT2D eigenvalue weighted by Gasteiger charge is -2.21. The fourth-order valence-corrected chi connectivity index (χ4v) is 5.94. The van der Waals surface area contributed by atoms with Crippen molar-refractivity contribution in [2.24, 2.45) is 0 Å². The van der Waals surface area contributed by atoms with E-state index in [2.05, 4.69) is 30.2 Å². The molecular weight excluding hydrogens is 500 g/mol. The minimum atomic E-state index is -3.68. The van der Waals surface area contributed by atoms with Gasteiger partial charge in [0.25, 0.3) is 0 Å². The predicted molar refractivity (Wildman–Crippen MR) is 152 cm³/mol. The summed E-state index contributed by atoms with van der Waals surface area (Å²) >= 11 is 0. The lowest BCUT2D eigenvalue weighted by Crippen LogP contribution is -2.40. The first kappa shape index (κ1) is 27.8. The molecule has 1 aromatic heterocycles. The van der Waals surface area contributed by atoms with Crippen LogP contribution in [0.1, 0.15) is 44.7 Å². The zero-order valence-corrected chi connectivity index (χ0v) is 23.7. The Balaban J connectivity index is 1.42. The highest BCUT2D eigenvalue weighted by atomic mass is 32.2. The summed E-state index contributed by atoms with van der Waals surface area (Å²) < 4.78 is 34.5. The molecule has 0 aliphatic carbocycles. The zero-order valence-electron chi connectivity index (χ0n) is 22.8. The van der Waals surface area contributed by atoms with Gasteiger partial charge in [-0.15, -0.1) is 0 Å². The van der Waals surface area contributed by atoms with E-state index in [-0.39, 0.29) is 4.90 Å². The molecule has 3 aromatic rings. The van der Waals surface area contributed by atoms with Crippen LogP contribution in [0, 0.1) is 13.8 Å². The zero-order chi connectivity index (χ0) is 27.3. The van der Waals surface area contributed by atoms with E-state index in [9.17, 15) is 8.42 Å². The van der Waals surface area contributed by atoms with Crippen LogP contribution in [-0.2, 0) is 10.0 Å². The second kappa shape index (κ2) is 11.7. The van der Waals surface area contributed by atoms with E-state index in [1.54, 1.807) is 25.3 Å². The SMILES string of the molecule is Cc1ccc(Nc2nc(Nc3ccc(OCCN4CCCC4)cc3)ncc2C)cc1S(=O)(=O)NC(C)(C)C. The van der Waals surface area contributed by atoms with E-state index in [0.29, 0.717) is 29.6 Å². The average Bonchev–Trinajstić information content (AvgIpc) is 3.35. The number of aromatic nitrogens is 2. The Kier molecular flexibility index (Phi) is 8.54. The molecule has 3 N–H and O–H groups in total. The molecule has 0 saturated carbocycles. The molecule has 2 heterocycles. The third-order valence-electron chi connectivity index (χ3n) is 6.14. The van der Waals surface area contributed by atoms with Gasteiger partial charge < -0.3 is 15.4 Å². The highest BCUT2D eigenvalue weighted by molar-refractivity contribution is 7.89. The molecule has 1 saturated heterocycles. The fourth-order valence-electron chi connectivity index (χ4n) is 4.25. The number of ether oxygens (including phenoxy) is 1. The molecule has 0 bridgehead atoms. The van der Waals surface area contributed by atoms with Gasteiger partial charge in [-0.05, 0) is 103 Å². The van der Waals surface area contributed by atoms with Gasteiger partial charge in [0.15, 0.2) is 0 Å². The highest BCUT2D eigenvalue weighted by Gasteiger charge is 2.24. The van der Waals surface area contributed by atoms with Crippen molar-refractivity contribution in [2.45, 2.75) is 57.9 Å². The summed E-state index contributed by atoms with van der Waals surface area (Å²) in [6, 6.07) is 13.0. The van der Waals surface area contributed by atoms with Crippen molar-refractivity contribution in [1.82, 2.24) is 19.6 Å². The number of sulfonamides is 1. The number of hydrogen-bond acceptors (Lipinski definition) is 8. The molecule has 0 spiro atoms. The first-order valence-electron chi connectivity index (χ1n) is 13.0. The van der Waals surface area contributed by atoms with Crippen molar-refractivity contribution in [1.29, 1.82) is 0 Å². The van der Waals surface area contributed by atoms with Gasteiger partial charge >= 0.3 is 0 Å². The lowest BCUT2D eigenvalue weighted by molar-refractivity contribution is 0.238. The van der Waals surface area contributed by atoms with Crippen LogP contribution in [0.25, 0.3) is 0 Å². The largest absolute Gasteiger partial charge is 0.492 e. The molecular formula is C28H38N6O3S. The number of benzene rings is 2. The van der Waals surface area contributed by atoms with Gasteiger partial charge in [-0.1, -0.05) is 6.07 Å². The fraction of sp³-hybridized carbons (Fsp3) is 0.429. The smallest absolute Gasteiger partial charge is 0.241 e. The van der Waals surface area contributed by atoms with Gasteiger partial charge in [0.1, 0.15) is 18.2 Å². The van der Waals surface area contributed by atoms with Crippen molar-refractivity contribution in [3.63, 3.8) is 0 Å². The average molecular weight is 539 g/mol. The third-order valence-corrected chi connectivity index (χ3v) is 8.04. The van der Waals surface area contributed by atoms with E-state index < -0.39 is 15.6 Å². The molecule has 1 aliphatic heterocycles. The Labute approximate surface area is 226 Å². The van der Waals surface area contributed by atoms with Gasteiger partial charge in [-0.2, -0.15) is 4.98 Å². The number of aryl methyl sites for hydroxylation is 2. The van der Waals surface area contributed by atoms with Gasteiger partial charge in [-0.3, -0.25) is 4.90 Å². The Bertz CT molecular complexity index is 1350. The Hall–Kier alpha value is -3.21. The molecule has 1 aliphatic rings. The Morgan fingerprint density at radius 2 is 1.63 bits per heavy atom. The minimum absolute atomic E-state index is 0.227. The Morgan fingerprint density at radius 3 is 2.32 bits per heavy atom. The quantitative estimate of drug-likeness (QED) is 0.326. The molecule has 4 rings (SSSR count). The maximum absolute atomic E-state index is 13.0. The molecule has 1 fully saturated rings. The third kappa shape index (κ3) is 7.66. The number of rotatable bonds is 10. The summed E-state index contributed by atoms with van der Waals surface area (Å²) in [4.78, 5) is 11.7. The summed E-state index contributed by atoms with van der Waals surface area (Å²) in [5, 5.41) is 6.47. The summed E-state index contributed by atoms with van der Waals surface area (Å²) in [7, 11) is -3.68. The summed E-state index contributed by atoms with van der Waals surface area (Å²) in [5.41, 5.74) is 2.36. The second-order valence-electron chi connectivity index (χ2n) is 10.7. The van der Waals surface area contributed by atoms with Crippen LogP contribution >= 0.6 is 0 Å². The molecule has 2 aromatic carbocycles. The minimum Gasteiger partial charge on any atom is -0.492 e. The first-order chi connectivity index (χ1) is 18.0. The number of nitrogens with one attached hydrogen (secondary N) is 3. The second-order valence-corrected chi connectivity index (χ2v) is 12.4. The van der Waals surface area contributed by atoms with E-state index >= 15 is 0 Å². The van der Waals surface area contributed by atoms with E-state index in [0.717, 1.165) is 36.6 Å². The van der Waals surface area contributed by atoms with Crippen molar-refractivity contribution < 1.29 is 13.2 Å². The van der Waals surface area contributed by atoms with Crippen molar-refractivity contribution in [3.8, 4) is 5.75 Å². The topological polar surface area (TPSA) is 108 Å². The van der Waals surface area contributed by atoms with Crippen LogP contribution in [-0.4, -0.2) is 55.1 Å². The first-order valence-corrected chi connectivity index (χ1v) is 14.4. The van der Waals surface area contributed by atoms with E-state index in [1.807, 2.05) is 58.0 Å². The lowest BCUT2D eigenvalue weighted by atomic mass is 10.1. The summed E-state index contributed by atoms with van der Waals surface area (Å²) in [6.45, 7) is 13.1. The van der Waals surface area contributed by atoms with Crippen molar-refractivity contribution >= 4 is 33.2 Å². The van der Waals surface area contributed by atoms with Gasteiger partial charge in [0, 0.05) is 35.2 Å². The van der Waals surface area contributed by atoms with Crippen molar-refractivity contribution in [3.05, 3.63) is 59.8 Å². The number of hydrogen-bond donors (Lipinski definition) is 3. The van der Waals surface area contributed by atoms with Crippen LogP contribution in [0.2, 0.25) is 0 Å². The number of likely N-dealkylation sites (tertiary alicyclic amines) is 1. The molecule has 204 valence electrons. The van der Waals surface area contributed by atoms with Gasteiger partial charge in [0.05, 0.1) is 4.90 Å². The maximum atomic E-state index is 13.0. The molecule has 0 unspecified atom stereocenters. The molecule has 10 heteroatoms. The number of anilines is 4. The maximum Gasteiger partial charge on any atom is 0.241 e. The van der Waals surface area contributed by atoms with E-state index in [4.69, 9.17) is 4.74 Å². The highest BCUT2D eigenvalue weighted by Crippen LogP contribution is 2.26. The number of nitrogens with zero attached hydrogens (tertiary/aromatic N) is 3. The van der Waals surface area contributed by atoms with Gasteiger partial charge in [0.2, 0.25) is 16.0 Å². The van der Waals surface area contributed by atoms with E-state index in [1.165, 1.54) is 12.8 Å².